The SMILES string of the molecule is Cc1cc(Cl)ccc1N1CC(c2nc(-c3ccc(C(C)C)cc3)no2)CC1=O. The number of hydrogen-bond donors (Lipinski definition) is 0. The number of rotatable bonds is 4. The molecule has 5 nitrogen and oxygen atoms in total. The third kappa shape index (κ3) is 3.54. The Hall–Kier alpha value is -2.66. The highest BCUT2D eigenvalue weighted by Gasteiger charge is 2.35. The molecule has 1 atom stereocenters. The molecule has 0 bridgehead atoms. The summed E-state index contributed by atoms with van der Waals surface area (Å²) in [6.07, 6.45) is 0.357. The zero-order valence-corrected chi connectivity index (χ0v) is 16.9. The van der Waals surface area contributed by atoms with Gasteiger partial charge in [-0.05, 0) is 42.2 Å². The lowest BCUT2D eigenvalue weighted by Gasteiger charge is -2.18. The van der Waals surface area contributed by atoms with E-state index in [1.165, 1.54) is 5.56 Å². The number of nitrogens with zero attached hydrogens (tertiary/aromatic N) is 3. The molecule has 1 fully saturated rings. The number of amides is 1. The Morgan fingerprint density at radius 1 is 1.18 bits per heavy atom. The van der Waals surface area contributed by atoms with Crippen molar-refractivity contribution in [3.8, 4) is 11.4 Å². The molecule has 1 aromatic heterocycles. The molecular weight excluding hydrogens is 374 g/mol. The second kappa shape index (κ2) is 7.40. The first kappa shape index (κ1) is 18.7. The second-order valence-electron chi connectivity index (χ2n) is 7.57. The van der Waals surface area contributed by atoms with Gasteiger partial charge in [-0.25, -0.2) is 0 Å². The van der Waals surface area contributed by atoms with E-state index in [2.05, 4.69) is 36.1 Å². The van der Waals surface area contributed by atoms with Gasteiger partial charge >= 0.3 is 0 Å². The summed E-state index contributed by atoms with van der Waals surface area (Å²) in [7, 11) is 0. The maximum atomic E-state index is 12.6. The smallest absolute Gasteiger partial charge is 0.232 e. The van der Waals surface area contributed by atoms with E-state index in [1.54, 1.807) is 11.0 Å². The first-order chi connectivity index (χ1) is 13.4. The maximum absolute atomic E-state index is 12.6. The Labute approximate surface area is 169 Å². The monoisotopic (exact) mass is 395 g/mol. The molecule has 0 spiro atoms. The van der Waals surface area contributed by atoms with Gasteiger partial charge in [-0.3, -0.25) is 4.79 Å². The van der Waals surface area contributed by atoms with Crippen LogP contribution in [0.1, 0.15) is 49.1 Å². The highest BCUT2D eigenvalue weighted by atomic mass is 35.5. The van der Waals surface area contributed by atoms with Gasteiger partial charge in [-0.15, -0.1) is 0 Å². The van der Waals surface area contributed by atoms with Crippen LogP contribution in [0.4, 0.5) is 5.69 Å². The highest BCUT2D eigenvalue weighted by molar-refractivity contribution is 6.30. The summed E-state index contributed by atoms with van der Waals surface area (Å²) in [5.41, 5.74) is 4.02. The van der Waals surface area contributed by atoms with E-state index in [9.17, 15) is 4.79 Å². The molecule has 0 aliphatic carbocycles. The van der Waals surface area contributed by atoms with Gasteiger partial charge in [0, 0.05) is 29.2 Å². The molecule has 4 rings (SSSR count). The third-order valence-electron chi connectivity index (χ3n) is 5.20. The Kier molecular flexibility index (Phi) is 4.94. The van der Waals surface area contributed by atoms with Crippen molar-refractivity contribution in [2.45, 2.75) is 39.0 Å². The maximum Gasteiger partial charge on any atom is 0.232 e. The van der Waals surface area contributed by atoms with Gasteiger partial charge in [-0.1, -0.05) is 54.9 Å². The van der Waals surface area contributed by atoms with Crippen LogP contribution in [0, 0.1) is 6.92 Å². The number of hydrogen-bond acceptors (Lipinski definition) is 4. The zero-order valence-electron chi connectivity index (χ0n) is 16.1. The summed E-state index contributed by atoms with van der Waals surface area (Å²) in [4.78, 5) is 18.9. The van der Waals surface area contributed by atoms with E-state index >= 15 is 0 Å². The molecule has 2 aromatic carbocycles. The van der Waals surface area contributed by atoms with Gasteiger partial charge in [0.05, 0.1) is 5.92 Å². The fourth-order valence-electron chi connectivity index (χ4n) is 3.56. The Morgan fingerprint density at radius 3 is 2.61 bits per heavy atom. The minimum Gasteiger partial charge on any atom is -0.339 e. The van der Waals surface area contributed by atoms with Crippen molar-refractivity contribution < 1.29 is 9.32 Å². The molecule has 2 heterocycles. The van der Waals surface area contributed by atoms with Crippen molar-refractivity contribution in [1.82, 2.24) is 10.1 Å². The topological polar surface area (TPSA) is 59.2 Å². The van der Waals surface area contributed by atoms with Gasteiger partial charge in [0.1, 0.15) is 0 Å². The predicted octanol–water partition coefficient (Wildman–Crippen LogP) is 5.34. The lowest BCUT2D eigenvalue weighted by atomic mass is 10.0. The molecule has 0 radical (unpaired) electrons. The van der Waals surface area contributed by atoms with Crippen LogP contribution in [0.5, 0.6) is 0 Å². The van der Waals surface area contributed by atoms with Crippen molar-refractivity contribution in [3.63, 3.8) is 0 Å². The van der Waals surface area contributed by atoms with Crippen molar-refractivity contribution in [1.29, 1.82) is 0 Å². The van der Waals surface area contributed by atoms with Crippen LogP contribution in [-0.4, -0.2) is 22.6 Å². The lowest BCUT2D eigenvalue weighted by Crippen LogP contribution is -2.25. The Balaban J connectivity index is 1.54. The second-order valence-corrected chi connectivity index (χ2v) is 8.01. The largest absolute Gasteiger partial charge is 0.339 e. The third-order valence-corrected chi connectivity index (χ3v) is 5.44. The minimum atomic E-state index is -0.112. The van der Waals surface area contributed by atoms with Crippen LogP contribution < -0.4 is 4.90 Å². The fraction of sp³-hybridized carbons (Fsp3) is 0.318. The molecule has 0 N–H and O–H groups in total. The predicted molar refractivity (Wildman–Crippen MR) is 110 cm³/mol. The lowest BCUT2D eigenvalue weighted by molar-refractivity contribution is -0.117. The van der Waals surface area contributed by atoms with Crippen LogP contribution in [0.2, 0.25) is 5.02 Å². The van der Waals surface area contributed by atoms with Crippen LogP contribution in [-0.2, 0) is 4.79 Å². The molecule has 144 valence electrons. The molecule has 1 unspecified atom stereocenters. The Bertz CT molecular complexity index is 1010. The van der Waals surface area contributed by atoms with E-state index < -0.39 is 0 Å². The highest BCUT2D eigenvalue weighted by Crippen LogP contribution is 2.34. The zero-order chi connectivity index (χ0) is 19.8. The summed E-state index contributed by atoms with van der Waals surface area (Å²) in [5, 5.41) is 4.79. The fourth-order valence-corrected chi connectivity index (χ4v) is 3.79. The molecule has 6 heteroatoms. The summed E-state index contributed by atoms with van der Waals surface area (Å²) in [5.74, 6) is 1.47. The van der Waals surface area contributed by atoms with Crippen molar-refractivity contribution in [2.24, 2.45) is 0 Å². The summed E-state index contributed by atoms with van der Waals surface area (Å²) < 4.78 is 5.50. The normalized spacial score (nSPS) is 17.0. The molecule has 28 heavy (non-hydrogen) atoms. The van der Waals surface area contributed by atoms with Crippen LogP contribution in [0.15, 0.2) is 47.0 Å². The van der Waals surface area contributed by atoms with E-state index in [4.69, 9.17) is 16.1 Å². The number of benzene rings is 2. The van der Waals surface area contributed by atoms with Crippen molar-refractivity contribution >= 4 is 23.2 Å². The quantitative estimate of drug-likeness (QED) is 0.598. The van der Waals surface area contributed by atoms with E-state index in [0.717, 1.165) is 16.8 Å². The standard InChI is InChI=1S/C22H22ClN3O2/c1-13(2)15-4-6-16(7-5-15)21-24-22(28-25-21)17-11-20(27)26(12-17)19-9-8-18(23)10-14(19)3/h4-10,13,17H,11-12H2,1-3H3. The number of carbonyl (C=O) groups is 1. The summed E-state index contributed by atoms with van der Waals surface area (Å²) >= 11 is 6.04. The number of halogens is 1. The summed E-state index contributed by atoms with van der Waals surface area (Å²) in [6, 6.07) is 13.7. The Morgan fingerprint density at radius 2 is 1.93 bits per heavy atom. The average Bonchev–Trinajstić information content (AvgIpc) is 3.29. The number of aryl methyl sites for hydroxylation is 1. The van der Waals surface area contributed by atoms with Crippen LogP contribution >= 0.6 is 11.6 Å². The van der Waals surface area contributed by atoms with Gasteiger partial charge < -0.3 is 9.42 Å². The first-order valence-electron chi connectivity index (χ1n) is 9.43. The van der Waals surface area contributed by atoms with Gasteiger partial charge in [0.25, 0.3) is 0 Å². The van der Waals surface area contributed by atoms with Crippen molar-refractivity contribution in [3.05, 3.63) is 64.5 Å². The molecule has 1 aliphatic heterocycles. The van der Waals surface area contributed by atoms with Crippen LogP contribution in [0.25, 0.3) is 11.4 Å². The van der Waals surface area contributed by atoms with E-state index in [1.807, 2.05) is 31.2 Å². The number of anilines is 1. The molecular formula is C22H22ClN3O2. The van der Waals surface area contributed by atoms with E-state index in [0.29, 0.717) is 35.6 Å². The van der Waals surface area contributed by atoms with Crippen LogP contribution in [0.3, 0.4) is 0 Å². The molecule has 1 saturated heterocycles. The van der Waals surface area contributed by atoms with E-state index in [-0.39, 0.29) is 11.8 Å². The summed E-state index contributed by atoms with van der Waals surface area (Å²) in [6.45, 7) is 6.79. The number of carbonyl (C=O) groups excluding carboxylic acids is 1. The molecule has 1 amide bonds. The molecule has 1 aliphatic rings. The van der Waals surface area contributed by atoms with Gasteiger partial charge in [0.2, 0.25) is 17.6 Å². The average molecular weight is 396 g/mol. The van der Waals surface area contributed by atoms with Gasteiger partial charge in [-0.2, -0.15) is 4.98 Å². The van der Waals surface area contributed by atoms with Crippen molar-refractivity contribution in [2.75, 3.05) is 11.4 Å². The first-order valence-corrected chi connectivity index (χ1v) is 9.80. The molecule has 0 saturated carbocycles. The van der Waals surface area contributed by atoms with Gasteiger partial charge in [0.15, 0.2) is 0 Å². The minimum absolute atomic E-state index is 0.0523. The number of aromatic nitrogens is 2. The molecule has 3 aromatic rings.